The van der Waals surface area contributed by atoms with Crippen LogP contribution in [0.15, 0.2) is 46.0 Å². The Morgan fingerprint density at radius 1 is 0.690 bits per heavy atom. The van der Waals surface area contributed by atoms with Crippen LogP contribution in [0.3, 0.4) is 0 Å². The molecule has 0 spiro atoms. The summed E-state index contributed by atoms with van der Waals surface area (Å²) in [5.74, 6) is 0. The Kier molecular flexibility index (Phi) is 17.5. The van der Waals surface area contributed by atoms with Gasteiger partial charge in [0.25, 0.3) is 0 Å². The summed E-state index contributed by atoms with van der Waals surface area (Å²) in [6, 6.07) is 9.16. The van der Waals surface area contributed by atoms with Gasteiger partial charge in [-0.05, 0) is 12.1 Å². The van der Waals surface area contributed by atoms with Crippen molar-refractivity contribution in [3.8, 4) is 11.4 Å². The smallest absolute Gasteiger partial charge is 0.741 e. The maximum atomic E-state index is 10.9. The van der Waals surface area contributed by atoms with Crippen LogP contribution >= 0.6 is 0 Å². The summed E-state index contributed by atoms with van der Waals surface area (Å²) in [5, 5.41) is 0. The first-order chi connectivity index (χ1) is 17.8. The van der Waals surface area contributed by atoms with E-state index in [-0.39, 0.29) is 39.6 Å². The largest absolute Gasteiger partial charge is 3.00 e. The van der Waals surface area contributed by atoms with E-state index in [4.69, 9.17) is 25.9 Å². The molecule has 11 nitrogen and oxygen atoms in total. The third-order valence-electron chi connectivity index (χ3n) is 5.09. The van der Waals surface area contributed by atoms with E-state index >= 15 is 0 Å². The van der Waals surface area contributed by atoms with E-state index in [0.29, 0.717) is 11.4 Å². The van der Waals surface area contributed by atoms with Gasteiger partial charge >= 0.3 is 34.0 Å². The number of hydrogen-bond acceptors (Lipinski definition) is 8. The van der Waals surface area contributed by atoms with Gasteiger partial charge in [0.05, 0.1) is 11.1 Å². The normalized spacial score (nSPS) is 11.2. The van der Waals surface area contributed by atoms with Gasteiger partial charge in [-0.1, -0.05) is 58.9 Å². The maximum Gasteiger partial charge on any atom is 3.00 e. The molecule has 0 saturated heterocycles. The van der Waals surface area contributed by atoms with Crippen LogP contribution in [0, 0.1) is 34.6 Å². The number of halogens is 6. The van der Waals surface area contributed by atoms with Crippen LogP contribution in [0.4, 0.5) is 26.3 Å². The predicted molar refractivity (Wildman–Crippen MR) is 134 cm³/mol. The minimum absolute atomic E-state index is 0. The number of aromatic nitrogens is 2. The van der Waals surface area contributed by atoms with Crippen molar-refractivity contribution in [2.24, 2.45) is 0 Å². The van der Waals surface area contributed by atoms with Gasteiger partial charge in [-0.2, -0.15) is 54.2 Å². The van der Waals surface area contributed by atoms with E-state index in [1.54, 1.807) is 24.3 Å². The molecular formula is C22H25F6IrN2O9S2. The number of pyridine rings is 2. The average molecular weight is 832 g/mol. The molecule has 0 aliphatic rings. The topological polar surface area (TPSA) is 208 Å². The number of rotatable bonds is 1. The molecule has 2 aromatic heterocycles. The fourth-order valence-corrected chi connectivity index (χ4v) is 2.52. The van der Waals surface area contributed by atoms with Gasteiger partial charge < -0.3 is 34.1 Å². The van der Waals surface area contributed by atoms with Crippen molar-refractivity contribution in [3.63, 3.8) is 0 Å². The van der Waals surface area contributed by atoms with Gasteiger partial charge in [0.2, 0.25) is 0 Å². The standard InChI is InChI=1S/C10H8N2O2.C10H15.2CHF3O3S.Ir.H2O/c13-9-5-1-3-7(11-9)8-4-2-6-10(14)12-8;1-6-7(2)9(4)10(5)8(6)3;2*2-1(3,4)8(5,6)7;;/h1-6H,(H2,11,12,13,14);1-5H3;2*(H,5,6,7);;1H2/q;-1;;;+3;/p-2. The third kappa shape index (κ3) is 13.9. The molecule has 0 unspecified atom stereocenters. The molecular weight excluding hydrogens is 807 g/mol. The molecule has 0 aliphatic carbocycles. The molecule has 0 amide bonds. The van der Waals surface area contributed by atoms with E-state index in [2.05, 4.69) is 44.6 Å². The quantitative estimate of drug-likeness (QED) is 0.151. The second kappa shape index (κ2) is 16.8. The molecule has 0 saturated carbocycles. The Hall–Kier alpha value is -2.74. The molecule has 42 heavy (non-hydrogen) atoms. The first-order valence-corrected chi connectivity index (χ1v) is 13.1. The second-order valence-corrected chi connectivity index (χ2v) is 10.4. The van der Waals surface area contributed by atoms with Crippen molar-refractivity contribution in [1.82, 2.24) is 9.97 Å². The van der Waals surface area contributed by atoms with E-state index in [9.17, 15) is 35.9 Å². The minimum Gasteiger partial charge on any atom is -0.741 e. The fourth-order valence-electron chi connectivity index (χ4n) is 2.52. The molecule has 0 aliphatic heterocycles. The molecule has 0 fully saturated rings. The molecule has 0 atom stereocenters. The zero-order valence-electron chi connectivity index (χ0n) is 24.0. The monoisotopic (exact) mass is 832 g/mol. The number of hydrogen-bond donors (Lipinski definition) is 0. The van der Waals surface area contributed by atoms with Gasteiger partial charge in [0.1, 0.15) is 0 Å². The van der Waals surface area contributed by atoms with E-state index < -0.39 is 31.3 Å². The number of nitrogens with zero attached hydrogens (tertiary/aromatic N) is 2. The van der Waals surface area contributed by atoms with Crippen LogP contribution in [0.25, 0.3) is 11.4 Å². The van der Waals surface area contributed by atoms with Crippen LogP contribution in [0.5, 0.6) is 0 Å². The minimum atomic E-state index is -6.09. The zero-order valence-corrected chi connectivity index (χ0v) is 26.1. The molecule has 2 N–H and O–H groups in total. The first-order valence-electron chi connectivity index (χ1n) is 10.3. The zero-order chi connectivity index (χ0) is 31.9. The van der Waals surface area contributed by atoms with E-state index in [1.165, 1.54) is 39.9 Å². The molecule has 1 aromatic carbocycles. The van der Waals surface area contributed by atoms with Crippen LogP contribution < -0.4 is 21.1 Å². The van der Waals surface area contributed by atoms with Crippen LogP contribution in [0.2, 0.25) is 0 Å². The first kappa shape index (κ1) is 43.7. The number of alkyl halides is 6. The maximum absolute atomic E-state index is 10.9. The average Bonchev–Trinajstić information content (AvgIpc) is 2.95. The van der Waals surface area contributed by atoms with Crippen molar-refractivity contribution in [1.29, 1.82) is 0 Å². The van der Waals surface area contributed by atoms with Gasteiger partial charge in [-0.25, -0.2) is 16.8 Å². The van der Waals surface area contributed by atoms with Crippen molar-refractivity contribution in [2.75, 3.05) is 0 Å². The van der Waals surface area contributed by atoms with Gasteiger partial charge in [-0.3, -0.25) is 0 Å². The molecule has 3 rings (SSSR count). The van der Waals surface area contributed by atoms with Crippen LogP contribution in [-0.4, -0.2) is 42.4 Å². The van der Waals surface area contributed by atoms with Gasteiger partial charge in [0.15, 0.2) is 20.2 Å². The molecule has 0 radical (unpaired) electrons. The Balaban J connectivity index is -0.000000154. The summed E-state index contributed by atoms with van der Waals surface area (Å²) in [4.78, 5) is 29.3. The molecule has 240 valence electrons. The SMILES string of the molecule is Cc1c(C)c(C)[c-](C)c1C.O.O=S(=O)([O-])C(F)(F)F.O=S(=O)([O-])C(F)(F)F.O=c1cccc(-c2cccc(=O)[n-]2)[n-]1.[H+].[H+].[Ir+3]. The van der Waals surface area contributed by atoms with Crippen molar-refractivity contribution >= 4 is 20.2 Å². The third-order valence-corrected chi connectivity index (χ3v) is 6.22. The predicted octanol–water partition coefficient (Wildman–Crippen LogP) is 2.44. The fraction of sp³-hybridized carbons (Fsp3) is 0.318. The Morgan fingerprint density at radius 2 is 0.929 bits per heavy atom. The van der Waals surface area contributed by atoms with Crippen molar-refractivity contribution in [3.05, 3.63) is 84.9 Å². The molecule has 0 bridgehead atoms. The second-order valence-electron chi connectivity index (χ2n) is 7.65. The molecule has 3 aromatic rings. The molecule has 2 heterocycles. The Labute approximate surface area is 252 Å². The summed E-state index contributed by atoms with van der Waals surface area (Å²) in [6.07, 6.45) is 0. The van der Waals surface area contributed by atoms with Crippen LogP contribution in [0.1, 0.15) is 30.7 Å². The summed E-state index contributed by atoms with van der Waals surface area (Å²) < 4.78 is 118. The van der Waals surface area contributed by atoms with E-state index in [1.807, 2.05) is 0 Å². The summed E-state index contributed by atoms with van der Waals surface area (Å²) in [5.41, 5.74) is -3.77. The van der Waals surface area contributed by atoms with Gasteiger partial charge in [-0.15, -0.1) is 11.4 Å². The van der Waals surface area contributed by atoms with E-state index in [0.717, 1.165) is 0 Å². The summed E-state index contributed by atoms with van der Waals surface area (Å²) >= 11 is 0. The molecule has 20 heteroatoms. The van der Waals surface area contributed by atoms with Crippen molar-refractivity contribution in [2.45, 2.75) is 45.6 Å². The Bertz CT molecular complexity index is 1470. The van der Waals surface area contributed by atoms with Crippen LogP contribution in [-0.2, 0) is 40.3 Å². The van der Waals surface area contributed by atoms with Crippen molar-refractivity contribution < 1.29 is 80.7 Å². The van der Waals surface area contributed by atoms with Gasteiger partial charge in [0, 0.05) is 0 Å². The Morgan fingerprint density at radius 3 is 1.07 bits per heavy atom. The summed E-state index contributed by atoms with van der Waals surface area (Å²) in [6.45, 7) is 11.0. The summed E-state index contributed by atoms with van der Waals surface area (Å²) in [7, 11) is -12.2.